The van der Waals surface area contributed by atoms with Gasteiger partial charge in [0.1, 0.15) is 0 Å². The molecule has 1 aliphatic rings. The quantitative estimate of drug-likeness (QED) is 0.651. The van der Waals surface area contributed by atoms with Gasteiger partial charge < -0.3 is 14.8 Å². The number of aryl methyl sites for hydroxylation is 1. The second-order valence-electron chi connectivity index (χ2n) is 5.19. The number of hydrogen-bond acceptors (Lipinski definition) is 1. The molecule has 1 saturated carbocycles. The van der Waals surface area contributed by atoms with E-state index in [1.54, 1.807) is 0 Å². The fourth-order valence-electron chi connectivity index (χ4n) is 2.30. The lowest BCUT2D eigenvalue weighted by molar-refractivity contribution is 0.310. The van der Waals surface area contributed by atoms with Gasteiger partial charge in [0.2, 0.25) is 0 Å². The number of nitrogens with zero attached hydrogens (tertiary/aromatic N) is 3. The Morgan fingerprint density at radius 1 is 1.56 bits per heavy atom. The van der Waals surface area contributed by atoms with Crippen molar-refractivity contribution < 1.29 is 0 Å². The van der Waals surface area contributed by atoms with Gasteiger partial charge in [-0.1, -0.05) is 6.42 Å². The summed E-state index contributed by atoms with van der Waals surface area (Å²) >= 11 is 0. The first-order valence-electron chi connectivity index (χ1n) is 6.72. The van der Waals surface area contributed by atoms with Crippen LogP contribution in [0.15, 0.2) is 23.3 Å². The molecule has 1 fully saturated rings. The molecule has 18 heavy (non-hydrogen) atoms. The number of aromatic nitrogens is 1. The smallest absolute Gasteiger partial charge is 0.193 e. The fourth-order valence-corrected chi connectivity index (χ4v) is 2.30. The van der Waals surface area contributed by atoms with Gasteiger partial charge >= 0.3 is 0 Å². The van der Waals surface area contributed by atoms with E-state index >= 15 is 0 Å². The number of guanidine groups is 1. The minimum absolute atomic E-state index is 0.852. The summed E-state index contributed by atoms with van der Waals surface area (Å²) < 4.78 is 2.15. The summed E-state index contributed by atoms with van der Waals surface area (Å²) in [5.41, 5.74) is 1.30. The standard InChI is InChI=1S/C14H24N4/c1-15-14(16-10-12-6-4-7-12)18(3)11-13-8-5-9-17(13)2/h5,8-9,12H,4,6-7,10-11H2,1-3H3,(H,15,16). The topological polar surface area (TPSA) is 32.6 Å². The van der Waals surface area contributed by atoms with Crippen molar-refractivity contribution in [1.82, 2.24) is 14.8 Å². The Balaban J connectivity index is 1.85. The zero-order valence-electron chi connectivity index (χ0n) is 11.7. The monoisotopic (exact) mass is 248 g/mol. The third kappa shape index (κ3) is 3.06. The molecule has 100 valence electrons. The van der Waals surface area contributed by atoms with Crippen LogP contribution in [0.25, 0.3) is 0 Å². The van der Waals surface area contributed by atoms with Crippen LogP contribution in [0.2, 0.25) is 0 Å². The van der Waals surface area contributed by atoms with E-state index in [1.165, 1.54) is 25.0 Å². The number of aliphatic imine (C=N–C) groups is 1. The maximum Gasteiger partial charge on any atom is 0.193 e. The van der Waals surface area contributed by atoms with Crippen LogP contribution in [-0.2, 0) is 13.6 Å². The van der Waals surface area contributed by atoms with Gasteiger partial charge in [0.25, 0.3) is 0 Å². The van der Waals surface area contributed by atoms with Gasteiger partial charge in [0.15, 0.2) is 5.96 Å². The van der Waals surface area contributed by atoms with E-state index in [-0.39, 0.29) is 0 Å². The molecule has 1 aromatic heterocycles. The SMILES string of the molecule is CN=C(NCC1CCC1)N(C)Cc1cccn1C. The van der Waals surface area contributed by atoms with Crippen LogP contribution < -0.4 is 5.32 Å². The Labute approximate surface area is 110 Å². The summed E-state index contributed by atoms with van der Waals surface area (Å²) in [7, 11) is 6.02. The van der Waals surface area contributed by atoms with Gasteiger partial charge in [-0.05, 0) is 30.9 Å². The predicted octanol–water partition coefficient (Wildman–Crippen LogP) is 1.83. The molecule has 0 amide bonds. The predicted molar refractivity (Wildman–Crippen MR) is 75.6 cm³/mol. The van der Waals surface area contributed by atoms with E-state index in [0.717, 1.165) is 25.0 Å². The lowest BCUT2D eigenvalue weighted by Crippen LogP contribution is -2.41. The van der Waals surface area contributed by atoms with E-state index in [1.807, 2.05) is 7.05 Å². The first kappa shape index (κ1) is 13.0. The Hall–Kier alpha value is -1.45. The molecular formula is C14H24N4. The van der Waals surface area contributed by atoms with Gasteiger partial charge in [-0.15, -0.1) is 0 Å². The second-order valence-corrected chi connectivity index (χ2v) is 5.19. The first-order chi connectivity index (χ1) is 8.70. The Morgan fingerprint density at radius 3 is 2.83 bits per heavy atom. The molecule has 0 atom stereocenters. The lowest BCUT2D eigenvalue weighted by Gasteiger charge is -2.28. The lowest BCUT2D eigenvalue weighted by atomic mass is 9.85. The highest BCUT2D eigenvalue weighted by Gasteiger charge is 2.18. The zero-order chi connectivity index (χ0) is 13.0. The number of hydrogen-bond donors (Lipinski definition) is 1. The van der Waals surface area contributed by atoms with Crippen LogP contribution in [-0.4, -0.2) is 36.1 Å². The highest BCUT2D eigenvalue weighted by atomic mass is 15.3. The minimum atomic E-state index is 0.852. The van der Waals surface area contributed by atoms with E-state index < -0.39 is 0 Å². The van der Waals surface area contributed by atoms with E-state index in [9.17, 15) is 0 Å². The van der Waals surface area contributed by atoms with Crippen LogP contribution in [0.1, 0.15) is 25.0 Å². The van der Waals surface area contributed by atoms with Gasteiger partial charge in [-0.2, -0.15) is 0 Å². The van der Waals surface area contributed by atoms with E-state index in [0.29, 0.717) is 0 Å². The summed E-state index contributed by atoms with van der Waals surface area (Å²) in [6.45, 7) is 1.94. The molecule has 1 aliphatic carbocycles. The minimum Gasteiger partial charge on any atom is -0.356 e. The van der Waals surface area contributed by atoms with Crippen molar-refractivity contribution in [1.29, 1.82) is 0 Å². The van der Waals surface area contributed by atoms with Crippen LogP contribution in [0.5, 0.6) is 0 Å². The molecule has 0 aliphatic heterocycles. The van der Waals surface area contributed by atoms with Gasteiger partial charge in [0.05, 0.1) is 6.54 Å². The molecule has 0 unspecified atom stereocenters. The van der Waals surface area contributed by atoms with Crippen molar-refractivity contribution in [2.24, 2.45) is 18.0 Å². The highest BCUT2D eigenvalue weighted by molar-refractivity contribution is 5.79. The number of rotatable bonds is 4. The van der Waals surface area contributed by atoms with Crippen molar-refractivity contribution in [3.05, 3.63) is 24.0 Å². The van der Waals surface area contributed by atoms with Crippen LogP contribution in [0, 0.1) is 5.92 Å². The normalized spacial score (nSPS) is 16.5. The van der Waals surface area contributed by atoms with Crippen molar-refractivity contribution in [2.45, 2.75) is 25.8 Å². The molecule has 1 N–H and O–H groups in total. The van der Waals surface area contributed by atoms with Crippen molar-refractivity contribution in [3.63, 3.8) is 0 Å². The molecule has 0 spiro atoms. The Kier molecular flexibility index (Phi) is 4.28. The molecule has 0 aromatic carbocycles. The summed E-state index contributed by atoms with van der Waals surface area (Å²) in [5, 5.41) is 3.47. The molecule has 2 rings (SSSR count). The third-order valence-electron chi connectivity index (χ3n) is 3.80. The second kappa shape index (κ2) is 5.94. The van der Waals surface area contributed by atoms with Crippen LogP contribution in [0.4, 0.5) is 0 Å². The summed E-state index contributed by atoms with van der Waals surface area (Å²) in [4.78, 5) is 6.53. The molecule has 1 heterocycles. The summed E-state index contributed by atoms with van der Waals surface area (Å²) in [6.07, 6.45) is 6.20. The third-order valence-corrected chi connectivity index (χ3v) is 3.80. The van der Waals surface area contributed by atoms with E-state index in [2.05, 4.69) is 52.2 Å². The van der Waals surface area contributed by atoms with Crippen molar-refractivity contribution in [3.8, 4) is 0 Å². The van der Waals surface area contributed by atoms with Gasteiger partial charge in [0, 0.05) is 39.6 Å². The molecule has 4 nitrogen and oxygen atoms in total. The van der Waals surface area contributed by atoms with Crippen molar-refractivity contribution >= 4 is 5.96 Å². The average molecular weight is 248 g/mol. The summed E-state index contributed by atoms with van der Waals surface area (Å²) in [5.74, 6) is 1.84. The highest BCUT2D eigenvalue weighted by Crippen LogP contribution is 2.25. The average Bonchev–Trinajstić information content (AvgIpc) is 2.68. The maximum atomic E-state index is 4.35. The Morgan fingerprint density at radius 2 is 2.33 bits per heavy atom. The van der Waals surface area contributed by atoms with Crippen LogP contribution >= 0.6 is 0 Å². The molecule has 0 bridgehead atoms. The molecule has 4 heteroatoms. The van der Waals surface area contributed by atoms with Crippen LogP contribution in [0.3, 0.4) is 0 Å². The largest absolute Gasteiger partial charge is 0.356 e. The van der Waals surface area contributed by atoms with Gasteiger partial charge in [-0.25, -0.2) is 0 Å². The first-order valence-corrected chi connectivity index (χ1v) is 6.72. The number of nitrogens with one attached hydrogen (secondary N) is 1. The van der Waals surface area contributed by atoms with Gasteiger partial charge in [-0.3, -0.25) is 4.99 Å². The maximum absolute atomic E-state index is 4.35. The molecule has 0 saturated heterocycles. The summed E-state index contributed by atoms with van der Waals surface area (Å²) in [6, 6.07) is 4.23. The molecule has 0 radical (unpaired) electrons. The van der Waals surface area contributed by atoms with Crippen molar-refractivity contribution in [2.75, 3.05) is 20.6 Å². The zero-order valence-corrected chi connectivity index (χ0v) is 11.7. The molecule has 1 aromatic rings. The molecular weight excluding hydrogens is 224 g/mol. The van der Waals surface area contributed by atoms with E-state index in [4.69, 9.17) is 0 Å². The Bertz CT molecular complexity index is 404. The fraction of sp³-hybridized carbons (Fsp3) is 0.643.